The summed E-state index contributed by atoms with van der Waals surface area (Å²) >= 11 is 0.761. The number of halogens is 3. The van der Waals surface area contributed by atoms with Crippen LogP contribution in [0.1, 0.15) is 12.7 Å². The highest BCUT2D eigenvalue weighted by Gasteiger charge is 2.35. The molecule has 1 heterocycles. The summed E-state index contributed by atoms with van der Waals surface area (Å²) in [5.74, 6) is -2.39. The Morgan fingerprint density at radius 2 is 1.95 bits per heavy atom. The topological polar surface area (TPSA) is 63.1 Å². The lowest BCUT2D eigenvalue weighted by Crippen LogP contribution is -2.14. The minimum Gasteiger partial charge on any atom is -0.480 e. The van der Waals surface area contributed by atoms with Gasteiger partial charge in [-0.3, -0.25) is 4.79 Å². The van der Waals surface area contributed by atoms with Crippen molar-refractivity contribution in [1.82, 2.24) is 9.97 Å². The molecule has 0 fully saturated rings. The Labute approximate surface area is 116 Å². The minimum atomic E-state index is -4.67. The number of thioether (sulfide) groups is 1. The first-order chi connectivity index (χ1) is 9.29. The second-order valence-electron chi connectivity index (χ2n) is 3.97. The molecule has 2 aromatic rings. The molecule has 0 radical (unpaired) electrons. The Balaban J connectivity index is 2.58. The number of hydrogen-bond acceptors (Lipinski definition) is 4. The van der Waals surface area contributed by atoms with E-state index >= 15 is 0 Å². The van der Waals surface area contributed by atoms with Crippen molar-refractivity contribution in [2.75, 3.05) is 0 Å². The molecule has 0 unspecified atom stereocenters. The van der Waals surface area contributed by atoms with E-state index in [1.807, 2.05) is 0 Å². The van der Waals surface area contributed by atoms with Crippen molar-refractivity contribution in [2.45, 2.75) is 23.4 Å². The third-order valence-corrected chi connectivity index (χ3v) is 3.55. The zero-order chi connectivity index (χ0) is 14.9. The molecule has 1 aromatic carbocycles. The van der Waals surface area contributed by atoms with Crippen LogP contribution in [0.15, 0.2) is 29.3 Å². The van der Waals surface area contributed by atoms with Gasteiger partial charge in [0, 0.05) is 5.39 Å². The van der Waals surface area contributed by atoms with Crippen molar-refractivity contribution in [3.05, 3.63) is 30.1 Å². The number of para-hydroxylation sites is 1. The van der Waals surface area contributed by atoms with Gasteiger partial charge in [0.1, 0.15) is 10.3 Å². The van der Waals surface area contributed by atoms with E-state index in [9.17, 15) is 18.0 Å². The van der Waals surface area contributed by atoms with E-state index in [0.717, 1.165) is 11.8 Å². The van der Waals surface area contributed by atoms with Crippen molar-refractivity contribution in [1.29, 1.82) is 0 Å². The van der Waals surface area contributed by atoms with Gasteiger partial charge in [-0.1, -0.05) is 30.0 Å². The van der Waals surface area contributed by atoms with Crippen LogP contribution in [0, 0.1) is 0 Å². The van der Waals surface area contributed by atoms with Crippen molar-refractivity contribution < 1.29 is 23.1 Å². The number of benzene rings is 1. The molecule has 1 aromatic heterocycles. The molecular formula is C12H9F3N2O2S. The van der Waals surface area contributed by atoms with Gasteiger partial charge in [-0.05, 0) is 13.0 Å². The lowest BCUT2D eigenvalue weighted by molar-refractivity contribution is -0.145. The van der Waals surface area contributed by atoms with Crippen LogP contribution in [-0.4, -0.2) is 26.3 Å². The van der Waals surface area contributed by atoms with Gasteiger partial charge < -0.3 is 5.11 Å². The predicted octanol–water partition coefficient (Wildman–Crippen LogP) is 3.21. The fourth-order valence-electron chi connectivity index (χ4n) is 1.48. The highest BCUT2D eigenvalue weighted by molar-refractivity contribution is 8.00. The van der Waals surface area contributed by atoms with Crippen LogP contribution in [0.2, 0.25) is 0 Å². The number of aromatic nitrogens is 2. The predicted molar refractivity (Wildman–Crippen MR) is 67.5 cm³/mol. The van der Waals surface area contributed by atoms with Gasteiger partial charge in [-0.25, -0.2) is 9.97 Å². The molecule has 8 heteroatoms. The van der Waals surface area contributed by atoms with Gasteiger partial charge in [0.15, 0.2) is 0 Å². The van der Waals surface area contributed by atoms with Crippen LogP contribution < -0.4 is 0 Å². The Hall–Kier alpha value is -1.83. The van der Waals surface area contributed by atoms with Crippen LogP contribution in [0.4, 0.5) is 13.2 Å². The number of carbonyl (C=O) groups is 1. The van der Waals surface area contributed by atoms with Gasteiger partial charge in [-0.15, -0.1) is 0 Å². The molecule has 106 valence electrons. The van der Waals surface area contributed by atoms with E-state index in [1.165, 1.54) is 13.0 Å². The zero-order valence-corrected chi connectivity index (χ0v) is 11.0. The van der Waals surface area contributed by atoms with Gasteiger partial charge in [0.05, 0.1) is 5.52 Å². The second-order valence-corrected chi connectivity index (χ2v) is 5.30. The van der Waals surface area contributed by atoms with E-state index in [2.05, 4.69) is 9.97 Å². The second kappa shape index (κ2) is 5.28. The number of fused-ring (bicyclic) bond motifs is 1. The Morgan fingerprint density at radius 3 is 2.55 bits per heavy atom. The van der Waals surface area contributed by atoms with Crippen molar-refractivity contribution in [2.24, 2.45) is 0 Å². The highest BCUT2D eigenvalue weighted by Crippen LogP contribution is 2.33. The molecule has 0 aliphatic carbocycles. The number of alkyl halides is 3. The highest BCUT2D eigenvalue weighted by atomic mass is 32.2. The Kier molecular flexibility index (Phi) is 3.85. The standard InChI is InChI=1S/C12H9F3N2O2S/c1-6(10(18)19)20-9-7-4-2-3-5-8(7)16-11(17-9)12(13,14)15/h2-6H,1H3,(H,18,19)/t6-/m0/s1. The van der Waals surface area contributed by atoms with Gasteiger partial charge in [0.25, 0.3) is 0 Å². The first-order valence-electron chi connectivity index (χ1n) is 5.52. The molecule has 1 atom stereocenters. The van der Waals surface area contributed by atoms with Crippen molar-refractivity contribution >= 4 is 28.6 Å². The number of hydrogen-bond donors (Lipinski definition) is 1. The maximum Gasteiger partial charge on any atom is 0.451 e. The molecule has 0 bridgehead atoms. The normalized spacial score (nSPS) is 13.4. The van der Waals surface area contributed by atoms with E-state index in [4.69, 9.17) is 5.11 Å². The summed E-state index contributed by atoms with van der Waals surface area (Å²) < 4.78 is 38.2. The molecule has 4 nitrogen and oxygen atoms in total. The number of aliphatic carboxylic acids is 1. The van der Waals surface area contributed by atoms with E-state index in [1.54, 1.807) is 18.2 Å². The molecule has 0 saturated carbocycles. The largest absolute Gasteiger partial charge is 0.480 e. The van der Waals surface area contributed by atoms with Gasteiger partial charge in [0.2, 0.25) is 5.82 Å². The minimum absolute atomic E-state index is 0.0119. The summed E-state index contributed by atoms with van der Waals surface area (Å²) in [6.45, 7) is 1.39. The number of carboxylic acids is 1. The first kappa shape index (κ1) is 14.6. The van der Waals surface area contributed by atoms with Crippen LogP contribution in [0.25, 0.3) is 10.9 Å². The smallest absolute Gasteiger partial charge is 0.451 e. The summed E-state index contributed by atoms with van der Waals surface area (Å²) in [4.78, 5) is 17.8. The van der Waals surface area contributed by atoms with E-state index in [-0.39, 0.29) is 10.5 Å². The fraction of sp³-hybridized carbons (Fsp3) is 0.250. The van der Waals surface area contributed by atoms with Crippen molar-refractivity contribution in [3.8, 4) is 0 Å². The summed E-state index contributed by atoms with van der Waals surface area (Å²) in [6, 6.07) is 6.19. The third-order valence-electron chi connectivity index (χ3n) is 2.46. The lowest BCUT2D eigenvalue weighted by atomic mass is 10.2. The van der Waals surface area contributed by atoms with Crippen LogP contribution in [-0.2, 0) is 11.0 Å². The lowest BCUT2D eigenvalue weighted by Gasteiger charge is -2.11. The average molecular weight is 302 g/mol. The molecular weight excluding hydrogens is 293 g/mol. The zero-order valence-electron chi connectivity index (χ0n) is 10.2. The Morgan fingerprint density at radius 1 is 1.30 bits per heavy atom. The van der Waals surface area contributed by atoms with Crippen LogP contribution in [0.3, 0.4) is 0 Å². The molecule has 0 aliphatic rings. The van der Waals surface area contributed by atoms with E-state index in [0.29, 0.717) is 5.39 Å². The molecule has 0 saturated heterocycles. The Bertz CT molecular complexity index is 661. The number of carboxylic acid groups (broad SMARTS) is 1. The quantitative estimate of drug-likeness (QED) is 0.696. The molecule has 0 spiro atoms. The average Bonchev–Trinajstić information content (AvgIpc) is 2.37. The molecule has 1 N–H and O–H groups in total. The molecule has 0 amide bonds. The first-order valence-corrected chi connectivity index (χ1v) is 6.40. The van der Waals surface area contributed by atoms with Crippen molar-refractivity contribution in [3.63, 3.8) is 0 Å². The van der Waals surface area contributed by atoms with Crippen LogP contribution in [0.5, 0.6) is 0 Å². The summed E-state index contributed by atoms with van der Waals surface area (Å²) in [5, 5.41) is 8.36. The maximum atomic E-state index is 12.7. The molecule has 0 aliphatic heterocycles. The molecule has 2 rings (SSSR count). The third kappa shape index (κ3) is 3.01. The SMILES string of the molecule is C[C@H](Sc1nc(C(F)(F)F)nc2ccccc12)C(=O)O. The van der Waals surface area contributed by atoms with Gasteiger partial charge >= 0.3 is 12.1 Å². The maximum absolute atomic E-state index is 12.7. The number of nitrogens with zero attached hydrogens (tertiary/aromatic N) is 2. The molecule has 20 heavy (non-hydrogen) atoms. The van der Waals surface area contributed by atoms with Gasteiger partial charge in [-0.2, -0.15) is 13.2 Å². The fourth-order valence-corrected chi connectivity index (χ4v) is 2.36. The monoisotopic (exact) mass is 302 g/mol. The number of rotatable bonds is 3. The summed E-state index contributed by atoms with van der Waals surface area (Å²) in [5.41, 5.74) is 0.134. The van der Waals surface area contributed by atoms with Crippen LogP contribution >= 0.6 is 11.8 Å². The van der Waals surface area contributed by atoms with E-state index < -0.39 is 23.2 Å². The summed E-state index contributed by atoms with van der Waals surface area (Å²) in [6.07, 6.45) is -4.67. The summed E-state index contributed by atoms with van der Waals surface area (Å²) in [7, 11) is 0.